The topological polar surface area (TPSA) is 0 Å². The van der Waals surface area contributed by atoms with Crippen molar-refractivity contribution in [3.8, 4) is 0 Å². The van der Waals surface area contributed by atoms with E-state index in [1.807, 2.05) is 0 Å². The summed E-state index contributed by atoms with van der Waals surface area (Å²) in [4.78, 5) is 0. The lowest BCUT2D eigenvalue weighted by Crippen LogP contribution is -2.13. The van der Waals surface area contributed by atoms with Crippen LogP contribution >= 0.6 is 49.6 Å². The van der Waals surface area contributed by atoms with Gasteiger partial charge in [-0.3, -0.25) is 0 Å². The maximum absolute atomic E-state index is 4.32. The van der Waals surface area contributed by atoms with Crippen molar-refractivity contribution in [1.29, 1.82) is 0 Å². The molecule has 4 heteroatoms. The predicted molar refractivity (Wildman–Crippen MR) is 57.5 cm³/mol. The first kappa shape index (κ1) is 10.4. The van der Waals surface area contributed by atoms with Crippen molar-refractivity contribution in [3.05, 3.63) is 0 Å². The maximum Gasteiger partial charge on any atom is 0.0596 e. The molecule has 0 N–H and O–H groups in total. The summed E-state index contributed by atoms with van der Waals surface area (Å²) in [5, 5.41) is 0.307. The van der Waals surface area contributed by atoms with Crippen LogP contribution in [0.3, 0.4) is 0 Å². The molecule has 0 amide bonds. The van der Waals surface area contributed by atoms with Crippen molar-refractivity contribution in [1.82, 2.24) is 0 Å². The van der Waals surface area contributed by atoms with Crippen molar-refractivity contribution in [2.24, 2.45) is 0 Å². The summed E-state index contributed by atoms with van der Waals surface area (Å²) in [5.74, 6) is 1.89. The van der Waals surface area contributed by atoms with Crippen LogP contribution in [0.15, 0.2) is 0 Å². The normalized spacial score (nSPS) is 17.3. The van der Waals surface area contributed by atoms with Gasteiger partial charge in [-0.05, 0) is 5.75 Å². The highest BCUT2D eigenvalue weighted by Crippen LogP contribution is 2.22. The van der Waals surface area contributed by atoms with E-state index >= 15 is 0 Å². The number of hydrogen-bond acceptors (Lipinski definition) is 4. The highest BCUT2D eigenvalue weighted by atomic mass is 32.2. The summed E-state index contributed by atoms with van der Waals surface area (Å²) in [6.45, 7) is 2.12. The lowest BCUT2D eigenvalue weighted by Gasteiger charge is -2.13. The van der Waals surface area contributed by atoms with Crippen LogP contribution in [0.5, 0.6) is 0 Å². The first-order valence-corrected chi connectivity index (χ1v) is 5.52. The van der Waals surface area contributed by atoms with Gasteiger partial charge in [0.1, 0.15) is 0 Å². The number of hydrogen-bond donors (Lipinski definition) is 3. The van der Waals surface area contributed by atoms with E-state index in [1.165, 1.54) is 0 Å². The second-order valence-electron chi connectivity index (χ2n) is 1.60. The lowest BCUT2D eigenvalue weighted by molar-refractivity contribution is 1.12. The molecule has 0 aromatic rings. The molecule has 0 saturated carbocycles. The summed E-state index contributed by atoms with van der Waals surface area (Å²) >= 11 is 14.5. The van der Waals surface area contributed by atoms with Crippen molar-refractivity contribution >= 4 is 49.6 Å². The molecule has 0 aliphatic carbocycles. The van der Waals surface area contributed by atoms with Crippen LogP contribution in [0.2, 0.25) is 0 Å². The van der Waals surface area contributed by atoms with Crippen LogP contribution in [0.4, 0.5) is 0 Å². The van der Waals surface area contributed by atoms with Crippen LogP contribution in [-0.2, 0) is 0 Å². The Morgan fingerprint density at radius 2 is 2.00 bits per heavy atom. The predicted octanol–water partition coefficient (Wildman–Crippen LogP) is 2.22. The molecule has 0 rings (SSSR count). The Labute approximate surface area is 77.8 Å². The van der Waals surface area contributed by atoms with Gasteiger partial charge in [-0.1, -0.05) is 6.92 Å². The third kappa shape index (κ3) is 4.76. The van der Waals surface area contributed by atoms with Crippen LogP contribution in [0, 0.1) is 0 Å². The number of thioether (sulfide) groups is 1. The molecular weight excluding hydrogens is 188 g/mol. The van der Waals surface area contributed by atoms with E-state index in [0.29, 0.717) is 9.83 Å². The third-order valence-electron chi connectivity index (χ3n) is 0.854. The van der Waals surface area contributed by atoms with E-state index in [2.05, 4.69) is 44.8 Å². The third-order valence-corrected chi connectivity index (χ3v) is 4.26. The Balaban J connectivity index is 3.32. The van der Waals surface area contributed by atoms with Gasteiger partial charge in [-0.15, -0.1) is 11.8 Å². The van der Waals surface area contributed by atoms with Crippen molar-refractivity contribution in [2.45, 2.75) is 16.8 Å². The van der Waals surface area contributed by atoms with Crippen molar-refractivity contribution < 1.29 is 0 Å². The van der Waals surface area contributed by atoms with E-state index in [0.717, 1.165) is 11.5 Å². The Morgan fingerprint density at radius 3 is 2.33 bits per heavy atom. The average Bonchev–Trinajstić information content (AvgIpc) is 1.87. The number of thiol groups is 3. The Hall–Kier alpha value is 1.40. The molecule has 0 aliphatic rings. The van der Waals surface area contributed by atoms with Crippen LogP contribution in [0.1, 0.15) is 6.92 Å². The molecule has 0 nitrogen and oxygen atoms in total. The molecule has 0 bridgehead atoms. The Morgan fingerprint density at radius 1 is 1.44 bits per heavy atom. The SMILES string of the molecule is CCSC(S)C(S)CS. The largest absolute Gasteiger partial charge is 0.178 e. The highest BCUT2D eigenvalue weighted by Gasteiger charge is 2.10. The van der Waals surface area contributed by atoms with Crippen molar-refractivity contribution in [2.75, 3.05) is 11.5 Å². The minimum atomic E-state index is 0.307. The van der Waals surface area contributed by atoms with Gasteiger partial charge in [0.05, 0.1) is 4.58 Å². The highest BCUT2D eigenvalue weighted by molar-refractivity contribution is 8.11. The summed E-state index contributed by atoms with van der Waals surface area (Å²) in [6, 6.07) is 0. The summed E-state index contributed by atoms with van der Waals surface area (Å²) < 4.78 is 0.329. The summed E-state index contributed by atoms with van der Waals surface area (Å²) in [7, 11) is 0. The molecule has 0 aromatic heterocycles. The molecule has 0 fully saturated rings. The molecule has 0 radical (unpaired) electrons. The Kier molecular flexibility index (Phi) is 7.09. The fourth-order valence-corrected chi connectivity index (χ4v) is 2.36. The zero-order valence-corrected chi connectivity index (χ0v) is 8.82. The molecule has 0 aromatic carbocycles. The van der Waals surface area contributed by atoms with Gasteiger partial charge in [0, 0.05) is 11.0 Å². The zero-order valence-electron chi connectivity index (χ0n) is 5.32. The molecule has 0 heterocycles. The van der Waals surface area contributed by atoms with Gasteiger partial charge in [-0.2, -0.15) is 37.9 Å². The van der Waals surface area contributed by atoms with E-state index in [1.54, 1.807) is 11.8 Å². The van der Waals surface area contributed by atoms with Crippen molar-refractivity contribution in [3.63, 3.8) is 0 Å². The maximum atomic E-state index is 4.32. The molecule has 0 spiro atoms. The summed E-state index contributed by atoms with van der Waals surface area (Å²) in [5.41, 5.74) is 0. The van der Waals surface area contributed by atoms with Crippen LogP contribution in [-0.4, -0.2) is 21.3 Å². The second kappa shape index (κ2) is 6.13. The van der Waals surface area contributed by atoms with Gasteiger partial charge in [0.2, 0.25) is 0 Å². The minimum Gasteiger partial charge on any atom is -0.178 e. The minimum absolute atomic E-state index is 0.307. The zero-order chi connectivity index (χ0) is 7.28. The standard InChI is InChI=1S/C5H12S4/c1-2-9-5(8)4(7)3-6/h4-8H,2-3H2,1H3. The smallest absolute Gasteiger partial charge is 0.0596 e. The fourth-order valence-electron chi connectivity index (χ4n) is 0.372. The fraction of sp³-hybridized carbons (Fsp3) is 1.00. The molecule has 9 heavy (non-hydrogen) atoms. The summed E-state index contributed by atoms with van der Waals surface area (Å²) in [6.07, 6.45) is 0. The molecule has 0 saturated heterocycles. The van der Waals surface area contributed by atoms with Gasteiger partial charge < -0.3 is 0 Å². The van der Waals surface area contributed by atoms with E-state index in [4.69, 9.17) is 0 Å². The van der Waals surface area contributed by atoms with E-state index in [-0.39, 0.29) is 0 Å². The quantitative estimate of drug-likeness (QED) is 0.462. The van der Waals surface area contributed by atoms with Crippen LogP contribution < -0.4 is 0 Å². The second-order valence-corrected chi connectivity index (χ2v) is 4.95. The Bertz CT molecular complexity index is 66.0. The van der Waals surface area contributed by atoms with Gasteiger partial charge >= 0.3 is 0 Å². The molecule has 2 atom stereocenters. The lowest BCUT2D eigenvalue weighted by atomic mass is 10.5. The monoisotopic (exact) mass is 200 g/mol. The average molecular weight is 200 g/mol. The van der Waals surface area contributed by atoms with Crippen LogP contribution in [0.25, 0.3) is 0 Å². The van der Waals surface area contributed by atoms with E-state index in [9.17, 15) is 0 Å². The van der Waals surface area contributed by atoms with Gasteiger partial charge in [-0.25, -0.2) is 0 Å². The first-order chi connectivity index (χ1) is 4.22. The molecular formula is C5H12S4. The molecule has 0 aliphatic heterocycles. The molecule has 56 valence electrons. The van der Waals surface area contributed by atoms with Gasteiger partial charge in [0.25, 0.3) is 0 Å². The van der Waals surface area contributed by atoms with E-state index < -0.39 is 0 Å². The molecule has 2 unspecified atom stereocenters. The van der Waals surface area contributed by atoms with Gasteiger partial charge in [0.15, 0.2) is 0 Å². The first-order valence-electron chi connectivity index (χ1n) is 2.81. The number of rotatable bonds is 4.